The first-order valence-electron chi connectivity index (χ1n) is 12.9. The van der Waals surface area contributed by atoms with Crippen molar-refractivity contribution < 1.29 is 22.7 Å². The normalized spacial score (nSPS) is 12.8. The number of nitrogens with zero attached hydrogens (tertiary/aromatic N) is 6. The highest BCUT2D eigenvalue weighted by molar-refractivity contribution is 6.00. The molecular formula is C29H33F3N6O2. The number of hydrogen-bond acceptors (Lipinski definition) is 6. The summed E-state index contributed by atoms with van der Waals surface area (Å²) >= 11 is 0. The van der Waals surface area contributed by atoms with Gasteiger partial charge in [0.25, 0.3) is 5.91 Å². The predicted molar refractivity (Wildman–Crippen MR) is 146 cm³/mol. The van der Waals surface area contributed by atoms with Crippen molar-refractivity contribution in [3.63, 3.8) is 0 Å². The smallest absolute Gasteiger partial charge is 0.433 e. The number of methoxy groups -OCH3 is 1. The van der Waals surface area contributed by atoms with Gasteiger partial charge in [-0.1, -0.05) is 6.07 Å². The molecule has 0 bridgehead atoms. The Morgan fingerprint density at radius 1 is 1.07 bits per heavy atom. The lowest BCUT2D eigenvalue weighted by atomic mass is 10.0. The maximum Gasteiger partial charge on any atom is 0.433 e. The van der Waals surface area contributed by atoms with Crippen LogP contribution in [0.3, 0.4) is 0 Å². The van der Waals surface area contributed by atoms with E-state index in [0.29, 0.717) is 24.4 Å². The molecule has 1 aromatic carbocycles. The van der Waals surface area contributed by atoms with Gasteiger partial charge in [-0.05, 0) is 70.6 Å². The second-order valence-electron chi connectivity index (χ2n) is 9.99. The lowest BCUT2D eigenvalue weighted by Gasteiger charge is -2.31. The van der Waals surface area contributed by atoms with Crippen LogP contribution in [0.4, 0.5) is 13.2 Å². The molecule has 0 radical (unpaired) electrons. The van der Waals surface area contributed by atoms with Gasteiger partial charge >= 0.3 is 6.18 Å². The predicted octanol–water partition coefficient (Wildman–Crippen LogP) is 5.67. The minimum Gasteiger partial charge on any atom is -0.497 e. The number of carbonyl (C=O) groups excluding carboxylic acids is 1. The summed E-state index contributed by atoms with van der Waals surface area (Å²) < 4.78 is 48.8. The molecular weight excluding hydrogens is 521 g/mol. The number of fused-ring (bicyclic) bond motifs is 1. The molecule has 11 heteroatoms. The van der Waals surface area contributed by atoms with Crippen LogP contribution in [0.2, 0.25) is 0 Å². The zero-order valence-corrected chi connectivity index (χ0v) is 23.4. The number of hydrogen-bond donors (Lipinski definition) is 0. The van der Waals surface area contributed by atoms with Gasteiger partial charge in [-0.25, -0.2) is 9.50 Å². The first-order chi connectivity index (χ1) is 18.9. The summed E-state index contributed by atoms with van der Waals surface area (Å²) in [7, 11) is 3.46. The lowest BCUT2D eigenvalue weighted by Crippen LogP contribution is -2.42. The molecule has 0 spiro atoms. The average molecular weight is 555 g/mol. The van der Waals surface area contributed by atoms with Crippen molar-refractivity contribution in [1.29, 1.82) is 0 Å². The van der Waals surface area contributed by atoms with Crippen LogP contribution in [0.5, 0.6) is 5.75 Å². The van der Waals surface area contributed by atoms with E-state index in [1.165, 1.54) is 20.2 Å². The van der Waals surface area contributed by atoms with Crippen LogP contribution in [0.1, 0.15) is 54.0 Å². The van der Waals surface area contributed by atoms with Crippen LogP contribution in [0, 0.1) is 6.92 Å². The van der Waals surface area contributed by atoms with Crippen molar-refractivity contribution in [3.8, 4) is 17.0 Å². The average Bonchev–Trinajstić information content (AvgIpc) is 3.34. The van der Waals surface area contributed by atoms with E-state index in [2.05, 4.69) is 26.9 Å². The highest BCUT2D eigenvalue weighted by Crippen LogP contribution is 2.37. The molecule has 8 nitrogen and oxygen atoms in total. The lowest BCUT2D eigenvalue weighted by molar-refractivity contribution is -0.143. The number of ether oxygens (including phenoxy) is 1. The number of rotatable bonds is 9. The van der Waals surface area contributed by atoms with Crippen LogP contribution < -0.4 is 4.74 Å². The van der Waals surface area contributed by atoms with Crippen molar-refractivity contribution in [2.75, 3.05) is 27.2 Å². The van der Waals surface area contributed by atoms with Crippen LogP contribution in [-0.4, -0.2) is 68.6 Å². The maximum absolute atomic E-state index is 14.3. The van der Waals surface area contributed by atoms with Crippen molar-refractivity contribution in [2.45, 2.75) is 46.0 Å². The van der Waals surface area contributed by atoms with Gasteiger partial charge in [0.05, 0.1) is 19.0 Å². The molecule has 3 aromatic heterocycles. The van der Waals surface area contributed by atoms with Crippen molar-refractivity contribution in [2.24, 2.45) is 0 Å². The number of pyridine rings is 1. The van der Waals surface area contributed by atoms with Gasteiger partial charge < -0.3 is 9.64 Å². The third-order valence-electron chi connectivity index (χ3n) is 7.15. The summed E-state index contributed by atoms with van der Waals surface area (Å²) in [6.07, 6.45) is -0.0283. The summed E-state index contributed by atoms with van der Waals surface area (Å²) in [6, 6.07) is 10.3. The molecule has 0 unspecified atom stereocenters. The third-order valence-corrected chi connectivity index (χ3v) is 7.15. The molecule has 1 amide bonds. The molecule has 0 saturated heterocycles. The zero-order valence-electron chi connectivity index (χ0n) is 23.4. The van der Waals surface area contributed by atoms with E-state index in [-0.39, 0.29) is 34.6 Å². The molecule has 1 atom stereocenters. The number of aromatic nitrogens is 4. The molecule has 0 saturated carbocycles. The summed E-state index contributed by atoms with van der Waals surface area (Å²) in [5.74, 6) is 0.131. The molecule has 0 N–H and O–H groups in total. The molecule has 0 aliphatic rings. The number of halogens is 3. The van der Waals surface area contributed by atoms with Crippen molar-refractivity contribution >= 4 is 11.6 Å². The molecule has 4 aromatic rings. The molecule has 212 valence electrons. The fraction of sp³-hybridized carbons (Fsp3) is 0.379. The Labute approximate surface area is 231 Å². The van der Waals surface area contributed by atoms with Gasteiger partial charge in [0, 0.05) is 48.7 Å². The third kappa shape index (κ3) is 5.79. The van der Waals surface area contributed by atoms with Gasteiger partial charge in [0.2, 0.25) is 0 Å². The summed E-state index contributed by atoms with van der Waals surface area (Å²) in [5, 5.41) is 3.98. The Morgan fingerprint density at radius 2 is 1.77 bits per heavy atom. The number of benzene rings is 1. The highest BCUT2D eigenvalue weighted by Gasteiger charge is 2.39. The number of likely N-dealkylation sites (N-methyl/N-ethyl adjacent to an activating group) is 1. The van der Waals surface area contributed by atoms with Crippen LogP contribution >= 0.6 is 0 Å². The van der Waals surface area contributed by atoms with E-state index in [4.69, 9.17) is 4.74 Å². The first kappa shape index (κ1) is 29.0. The van der Waals surface area contributed by atoms with Crippen LogP contribution in [-0.2, 0) is 6.18 Å². The quantitative estimate of drug-likeness (QED) is 0.265. The van der Waals surface area contributed by atoms with E-state index in [9.17, 15) is 18.0 Å². The molecule has 3 heterocycles. The minimum absolute atomic E-state index is 0.0110. The SMILES string of the molecule is COc1ccc(-c2nc3c(C(=O)N(CCN(C)[C@@H](C)c4cccnc4)C(C)C)cnn3c(C(F)(F)F)c2C)cc1. The number of amides is 1. The Kier molecular flexibility index (Phi) is 8.43. The Balaban J connectivity index is 1.71. The minimum atomic E-state index is -4.72. The van der Waals surface area contributed by atoms with E-state index in [0.717, 1.165) is 10.1 Å². The molecule has 0 aliphatic heterocycles. The van der Waals surface area contributed by atoms with Crippen molar-refractivity contribution in [1.82, 2.24) is 29.4 Å². The number of carbonyl (C=O) groups is 1. The Hall–Kier alpha value is -3.99. The molecule has 40 heavy (non-hydrogen) atoms. The van der Waals surface area contributed by atoms with E-state index in [1.807, 2.05) is 33.0 Å². The van der Waals surface area contributed by atoms with Crippen LogP contribution in [0.15, 0.2) is 55.0 Å². The van der Waals surface area contributed by atoms with Gasteiger partial charge in [0.1, 0.15) is 11.3 Å². The Bertz CT molecular complexity index is 1470. The molecule has 0 aliphatic carbocycles. The van der Waals surface area contributed by atoms with E-state index >= 15 is 0 Å². The second-order valence-corrected chi connectivity index (χ2v) is 9.99. The number of alkyl halides is 3. The molecule has 4 rings (SSSR count). The van der Waals surface area contributed by atoms with Gasteiger partial charge in [-0.2, -0.15) is 18.3 Å². The van der Waals surface area contributed by atoms with Crippen molar-refractivity contribution in [3.05, 3.63) is 77.4 Å². The largest absolute Gasteiger partial charge is 0.497 e. The fourth-order valence-corrected chi connectivity index (χ4v) is 4.67. The maximum atomic E-state index is 14.3. The Morgan fingerprint density at radius 3 is 2.35 bits per heavy atom. The standard InChI is InChI=1S/C29H33F3N6O2/c1-18(2)37(15-14-36(5)20(4)22-8-7-13-33-16-22)28(39)24-17-34-38-26(29(30,31)32)19(3)25(35-27(24)38)21-9-11-23(40-6)12-10-21/h7-13,16-18,20H,14-15H2,1-6H3/t20-/m0/s1. The second kappa shape index (κ2) is 11.6. The van der Waals surface area contributed by atoms with Gasteiger partial charge in [-0.3, -0.25) is 14.7 Å². The zero-order chi connectivity index (χ0) is 29.2. The summed E-state index contributed by atoms with van der Waals surface area (Å²) in [6.45, 7) is 8.05. The monoisotopic (exact) mass is 554 g/mol. The highest BCUT2D eigenvalue weighted by atomic mass is 19.4. The van der Waals surface area contributed by atoms with Crippen LogP contribution in [0.25, 0.3) is 16.9 Å². The van der Waals surface area contributed by atoms with Gasteiger partial charge in [-0.15, -0.1) is 0 Å². The summed E-state index contributed by atoms with van der Waals surface area (Å²) in [4.78, 5) is 26.3. The van der Waals surface area contributed by atoms with E-state index in [1.54, 1.807) is 41.6 Å². The molecule has 0 fully saturated rings. The van der Waals surface area contributed by atoms with E-state index < -0.39 is 17.8 Å². The topological polar surface area (TPSA) is 75.9 Å². The first-order valence-corrected chi connectivity index (χ1v) is 12.9. The summed E-state index contributed by atoms with van der Waals surface area (Å²) in [5.41, 5.74) is 0.451. The fourth-order valence-electron chi connectivity index (χ4n) is 4.67. The van der Waals surface area contributed by atoms with Gasteiger partial charge in [0.15, 0.2) is 11.3 Å².